The second kappa shape index (κ2) is 6.95. The lowest BCUT2D eigenvalue weighted by molar-refractivity contribution is 0.0696. The predicted molar refractivity (Wildman–Crippen MR) is 71.8 cm³/mol. The molecule has 2 aromatic rings. The van der Waals surface area contributed by atoms with Gasteiger partial charge >= 0.3 is 5.97 Å². The third-order valence-electron chi connectivity index (χ3n) is 2.14. The maximum Gasteiger partial charge on any atom is 0.336 e. The average molecular weight is 348 g/mol. The Morgan fingerprint density at radius 1 is 1.15 bits per heavy atom. The van der Waals surface area contributed by atoms with E-state index in [4.69, 9.17) is 10.8 Å². The van der Waals surface area contributed by atoms with Gasteiger partial charge in [-0.15, -0.1) is 0 Å². The van der Waals surface area contributed by atoms with Crippen LogP contribution in [0.15, 0.2) is 40.9 Å². The molecule has 0 bridgehead atoms. The summed E-state index contributed by atoms with van der Waals surface area (Å²) in [7, 11) is 0. The molecule has 2 rings (SSSR count). The molecular formula is C13H9BrF3NO2. The number of nitrogens with two attached hydrogens (primary N) is 1. The van der Waals surface area contributed by atoms with Crippen LogP contribution in [0.25, 0.3) is 0 Å². The summed E-state index contributed by atoms with van der Waals surface area (Å²) >= 11 is 2.93. The highest BCUT2D eigenvalue weighted by molar-refractivity contribution is 9.10. The third kappa shape index (κ3) is 4.27. The average Bonchev–Trinajstić information content (AvgIpc) is 2.36. The van der Waals surface area contributed by atoms with E-state index >= 15 is 0 Å². The maximum atomic E-state index is 12.4. The standard InChI is InChI=1S/C7H4BrFO2.C6H5F2N/c8-6-3-4(9)1-2-5(6)7(10)11;7-4-2-1-3-5(9)6(4)8/h1-3H,(H,10,11);1-3H,9H2. The van der Waals surface area contributed by atoms with Crippen molar-refractivity contribution in [2.24, 2.45) is 0 Å². The van der Waals surface area contributed by atoms with Crippen molar-refractivity contribution in [3.05, 3.63) is 63.9 Å². The molecule has 0 aliphatic rings. The predicted octanol–water partition coefficient (Wildman–Crippen LogP) is 3.83. The van der Waals surface area contributed by atoms with Crippen LogP contribution in [0.2, 0.25) is 0 Å². The lowest BCUT2D eigenvalue weighted by Gasteiger charge is -1.96. The van der Waals surface area contributed by atoms with Gasteiger partial charge in [0.1, 0.15) is 5.82 Å². The molecule has 0 saturated carbocycles. The fraction of sp³-hybridized carbons (Fsp3) is 0. The monoisotopic (exact) mass is 347 g/mol. The minimum atomic E-state index is -1.07. The van der Waals surface area contributed by atoms with E-state index in [0.29, 0.717) is 0 Å². The number of hydrogen-bond acceptors (Lipinski definition) is 2. The van der Waals surface area contributed by atoms with Crippen LogP contribution in [0.3, 0.4) is 0 Å². The number of aromatic carboxylic acids is 1. The molecule has 0 unspecified atom stereocenters. The number of benzene rings is 2. The van der Waals surface area contributed by atoms with E-state index in [9.17, 15) is 18.0 Å². The molecule has 0 atom stereocenters. The number of halogens is 4. The Kier molecular flexibility index (Phi) is 5.57. The summed E-state index contributed by atoms with van der Waals surface area (Å²) in [5, 5.41) is 8.50. The highest BCUT2D eigenvalue weighted by atomic mass is 79.9. The number of carbonyl (C=O) groups is 1. The Morgan fingerprint density at radius 2 is 1.80 bits per heavy atom. The molecule has 0 radical (unpaired) electrons. The Morgan fingerprint density at radius 3 is 2.25 bits per heavy atom. The number of nitrogen functional groups attached to an aromatic ring is 1. The summed E-state index contributed by atoms with van der Waals surface area (Å²) in [6.45, 7) is 0. The van der Waals surface area contributed by atoms with Gasteiger partial charge in [0.2, 0.25) is 0 Å². The molecule has 7 heteroatoms. The summed E-state index contributed by atoms with van der Waals surface area (Å²) < 4.78 is 37.0. The van der Waals surface area contributed by atoms with E-state index in [2.05, 4.69) is 15.9 Å². The molecule has 106 valence electrons. The first kappa shape index (κ1) is 16.0. The van der Waals surface area contributed by atoms with E-state index in [1.54, 1.807) is 0 Å². The molecule has 0 heterocycles. The van der Waals surface area contributed by atoms with Gasteiger partial charge in [0.05, 0.1) is 11.3 Å². The quantitative estimate of drug-likeness (QED) is 0.770. The van der Waals surface area contributed by atoms with Crippen molar-refractivity contribution in [3.8, 4) is 0 Å². The molecule has 0 fully saturated rings. The fourth-order valence-corrected chi connectivity index (χ4v) is 1.70. The first-order valence-electron chi connectivity index (χ1n) is 5.20. The summed E-state index contributed by atoms with van der Waals surface area (Å²) in [5.41, 5.74) is 4.91. The third-order valence-corrected chi connectivity index (χ3v) is 2.80. The number of carboxylic acid groups (broad SMARTS) is 1. The van der Waals surface area contributed by atoms with Gasteiger partial charge in [-0.3, -0.25) is 0 Å². The van der Waals surface area contributed by atoms with Gasteiger partial charge in [-0.25, -0.2) is 18.0 Å². The second-order valence-corrected chi connectivity index (χ2v) is 4.43. The van der Waals surface area contributed by atoms with Crippen LogP contribution in [0.5, 0.6) is 0 Å². The molecule has 20 heavy (non-hydrogen) atoms. The number of carboxylic acids is 1. The molecule has 0 aliphatic carbocycles. The van der Waals surface area contributed by atoms with Crippen LogP contribution < -0.4 is 5.73 Å². The largest absolute Gasteiger partial charge is 0.478 e. The summed E-state index contributed by atoms with van der Waals surface area (Å²) in [4.78, 5) is 10.4. The van der Waals surface area contributed by atoms with Gasteiger partial charge in [0, 0.05) is 4.47 Å². The molecule has 0 spiro atoms. The van der Waals surface area contributed by atoms with E-state index in [0.717, 1.165) is 18.2 Å². The summed E-state index contributed by atoms with van der Waals surface area (Å²) in [6.07, 6.45) is 0. The zero-order valence-corrected chi connectivity index (χ0v) is 11.5. The van der Waals surface area contributed by atoms with Crippen molar-refractivity contribution in [3.63, 3.8) is 0 Å². The molecular weight excluding hydrogens is 339 g/mol. The summed E-state index contributed by atoms with van der Waals surface area (Å²) in [5.74, 6) is -3.41. The first-order chi connectivity index (χ1) is 9.32. The second-order valence-electron chi connectivity index (χ2n) is 3.57. The number of rotatable bonds is 1. The Labute approximate surface area is 121 Å². The molecule has 0 aliphatic heterocycles. The van der Waals surface area contributed by atoms with Crippen molar-refractivity contribution >= 4 is 27.6 Å². The van der Waals surface area contributed by atoms with E-state index < -0.39 is 23.4 Å². The fourth-order valence-electron chi connectivity index (χ4n) is 1.18. The van der Waals surface area contributed by atoms with Crippen LogP contribution in [-0.2, 0) is 0 Å². The van der Waals surface area contributed by atoms with Crippen molar-refractivity contribution in [1.29, 1.82) is 0 Å². The van der Waals surface area contributed by atoms with Crippen molar-refractivity contribution in [2.75, 3.05) is 5.73 Å². The van der Waals surface area contributed by atoms with Crippen molar-refractivity contribution in [2.45, 2.75) is 0 Å². The minimum absolute atomic E-state index is 0.0615. The lowest BCUT2D eigenvalue weighted by atomic mass is 10.2. The zero-order valence-electron chi connectivity index (χ0n) is 9.91. The van der Waals surface area contributed by atoms with E-state index in [1.165, 1.54) is 18.2 Å². The van der Waals surface area contributed by atoms with Gasteiger partial charge in [-0.2, -0.15) is 0 Å². The van der Waals surface area contributed by atoms with Crippen LogP contribution >= 0.6 is 15.9 Å². The topological polar surface area (TPSA) is 63.3 Å². The molecule has 3 nitrogen and oxygen atoms in total. The molecule has 0 aromatic heterocycles. The normalized spacial score (nSPS) is 9.60. The van der Waals surface area contributed by atoms with Crippen LogP contribution in [0, 0.1) is 17.5 Å². The van der Waals surface area contributed by atoms with Gasteiger partial charge in [0.25, 0.3) is 0 Å². The highest BCUT2D eigenvalue weighted by Gasteiger charge is 2.07. The Bertz CT molecular complexity index is 615. The molecule has 2 aromatic carbocycles. The van der Waals surface area contributed by atoms with Crippen LogP contribution in [0.1, 0.15) is 10.4 Å². The van der Waals surface area contributed by atoms with Gasteiger partial charge in [0.15, 0.2) is 11.6 Å². The highest BCUT2D eigenvalue weighted by Crippen LogP contribution is 2.17. The minimum Gasteiger partial charge on any atom is -0.478 e. The summed E-state index contributed by atoms with van der Waals surface area (Å²) in [6, 6.07) is 7.11. The Balaban J connectivity index is 0.000000204. The number of hydrogen-bond donors (Lipinski definition) is 2. The maximum absolute atomic E-state index is 12.4. The van der Waals surface area contributed by atoms with E-state index in [1.807, 2.05) is 0 Å². The van der Waals surface area contributed by atoms with Gasteiger partial charge in [-0.1, -0.05) is 6.07 Å². The number of anilines is 1. The van der Waals surface area contributed by atoms with Gasteiger partial charge in [-0.05, 0) is 46.3 Å². The van der Waals surface area contributed by atoms with Crippen LogP contribution in [0.4, 0.5) is 18.9 Å². The van der Waals surface area contributed by atoms with Gasteiger partial charge < -0.3 is 10.8 Å². The smallest absolute Gasteiger partial charge is 0.336 e. The molecule has 0 saturated heterocycles. The lowest BCUT2D eigenvalue weighted by Crippen LogP contribution is -1.97. The first-order valence-corrected chi connectivity index (χ1v) is 6.00. The SMILES string of the molecule is Nc1cccc(F)c1F.O=C(O)c1ccc(F)cc1Br. The molecule has 0 amide bonds. The van der Waals surface area contributed by atoms with E-state index in [-0.39, 0.29) is 15.7 Å². The van der Waals surface area contributed by atoms with Crippen LogP contribution in [-0.4, -0.2) is 11.1 Å². The van der Waals surface area contributed by atoms with Crippen molar-refractivity contribution in [1.82, 2.24) is 0 Å². The molecule has 3 N–H and O–H groups in total. The Hall–Kier alpha value is -2.02. The van der Waals surface area contributed by atoms with Crippen molar-refractivity contribution < 1.29 is 23.1 Å². The zero-order chi connectivity index (χ0) is 15.3.